The molecule has 0 aliphatic carbocycles. The van der Waals surface area contributed by atoms with Gasteiger partial charge in [0.05, 0.1) is 0 Å². The van der Waals surface area contributed by atoms with Crippen molar-refractivity contribution in [1.29, 1.82) is 0 Å². The van der Waals surface area contributed by atoms with Gasteiger partial charge in [0, 0.05) is 0 Å². The molecule has 0 rings (SSSR count). The Hall–Kier alpha value is -1.09. The van der Waals surface area contributed by atoms with Crippen LogP contribution < -0.4 is 5.32 Å². The smallest absolute Gasteiger partial charge is 0.245 e. The molecule has 50 valence electrons. The van der Waals surface area contributed by atoms with E-state index in [0.29, 0.717) is 0 Å². The summed E-state index contributed by atoms with van der Waals surface area (Å²) in [5.74, 6) is -0.414. The van der Waals surface area contributed by atoms with Crippen molar-refractivity contribution >= 4 is 5.91 Å². The third-order valence-corrected chi connectivity index (χ3v) is 0.699. The molecule has 0 aromatic carbocycles. The van der Waals surface area contributed by atoms with Gasteiger partial charge in [-0.05, 0) is 12.2 Å². The quantitative estimate of drug-likeness (QED) is 0.313. The van der Waals surface area contributed by atoms with Crippen LogP contribution in [-0.4, -0.2) is 17.2 Å². The highest BCUT2D eigenvalue weighted by molar-refractivity contribution is 5.87. The second-order valence-corrected chi connectivity index (χ2v) is 1.39. The van der Waals surface area contributed by atoms with Gasteiger partial charge in [0.1, 0.15) is 6.23 Å². The molecule has 0 radical (unpaired) electrons. The minimum Gasteiger partial charge on any atom is -0.370 e. The van der Waals surface area contributed by atoms with Crippen LogP contribution in [0.1, 0.15) is 0 Å². The molecule has 0 saturated heterocycles. The maximum Gasteiger partial charge on any atom is 0.245 e. The molecule has 0 fully saturated rings. The zero-order valence-corrected chi connectivity index (χ0v) is 5.00. The topological polar surface area (TPSA) is 49.3 Å². The van der Waals surface area contributed by atoms with Crippen LogP contribution in [0.3, 0.4) is 0 Å². The molecule has 3 heteroatoms. The maximum absolute atomic E-state index is 10.3. The van der Waals surface area contributed by atoms with Crippen molar-refractivity contribution in [3.05, 3.63) is 25.3 Å². The van der Waals surface area contributed by atoms with Crippen LogP contribution in [0.2, 0.25) is 0 Å². The van der Waals surface area contributed by atoms with Gasteiger partial charge in [-0.1, -0.05) is 13.2 Å². The Morgan fingerprint density at radius 3 is 2.56 bits per heavy atom. The first-order valence-corrected chi connectivity index (χ1v) is 2.44. The molecule has 0 aromatic heterocycles. The fourth-order valence-corrected chi connectivity index (χ4v) is 0.264. The van der Waals surface area contributed by atoms with Crippen LogP contribution in [0.25, 0.3) is 0 Å². The lowest BCUT2D eigenvalue weighted by Crippen LogP contribution is -2.31. The molecular formula is C6H9NO2. The zero-order chi connectivity index (χ0) is 7.28. The average molecular weight is 127 g/mol. The van der Waals surface area contributed by atoms with E-state index in [1.165, 1.54) is 6.08 Å². The van der Waals surface area contributed by atoms with Gasteiger partial charge in [0.15, 0.2) is 0 Å². The molecule has 1 atom stereocenters. The maximum atomic E-state index is 10.3. The van der Waals surface area contributed by atoms with Crippen LogP contribution in [0.5, 0.6) is 0 Å². The molecule has 0 spiro atoms. The molecule has 0 aromatic rings. The van der Waals surface area contributed by atoms with Crippen LogP contribution in [0.15, 0.2) is 25.3 Å². The van der Waals surface area contributed by atoms with E-state index >= 15 is 0 Å². The molecule has 9 heavy (non-hydrogen) atoms. The van der Waals surface area contributed by atoms with Gasteiger partial charge in [-0.2, -0.15) is 0 Å². The van der Waals surface area contributed by atoms with Gasteiger partial charge in [-0.15, -0.1) is 0 Å². The van der Waals surface area contributed by atoms with E-state index in [1.54, 1.807) is 0 Å². The lowest BCUT2D eigenvalue weighted by molar-refractivity contribution is -0.118. The lowest BCUT2D eigenvalue weighted by Gasteiger charge is -2.03. The molecule has 1 amide bonds. The molecule has 0 aliphatic rings. The van der Waals surface area contributed by atoms with Crippen molar-refractivity contribution in [3.8, 4) is 0 Å². The van der Waals surface area contributed by atoms with Gasteiger partial charge >= 0.3 is 0 Å². The second kappa shape index (κ2) is 3.86. The highest BCUT2D eigenvalue weighted by atomic mass is 16.3. The average Bonchev–Trinajstić information content (AvgIpc) is 1.87. The van der Waals surface area contributed by atoms with Crippen molar-refractivity contribution < 1.29 is 9.90 Å². The molecule has 0 heterocycles. The number of amides is 1. The Morgan fingerprint density at radius 2 is 2.22 bits per heavy atom. The predicted octanol–water partition coefficient (Wildman–Crippen LogP) is -0.207. The van der Waals surface area contributed by atoms with Crippen molar-refractivity contribution in [3.63, 3.8) is 0 Å². The normalized spacial score (nSPS) is 11.7. The molecule has 2 N–H and O–H groups in total. The standard InChI is InChI=1S/C6H9NO2/c1-3-5(8)7-6(9)4-2/h3-5,8H,1-2H2,(H,7,9). The summed E-state index contributed by atoms with van der Waals surface area (Å²) in [6.45, 7) is 6.44. The van der Waals surface area contributed by atoms with Crippen LogP contribution in [-0.2, 0) is 4.79 Å². The van der Waals surface area contributed by atoms with E-state index in [2.05, 4.69) is 18.5 Å². The van der Waals surface area contributed by atoms with E-state index < -0.39 is 12.1 Å². The minimum atomic E-state index is -0.976. The zero-order valence-electron chi connectivity index (χ0n) is 5.00. The number of hydrogen-bond acceptors (Lipinski definition) is 2. The number of rotatable bonds is 3. The lowest BCUT2D eigenvalue weighted by atomic mass is 10.5. The first kappa shape index (κ1) is 7.91. The van der Waals surface area contributed by atoms with Crippen molar-refractivity contribution in [2.24, 2.45) is 0 Å². The van der Waals surface area contributed by atoms with Gasteiger partial charge in [-0.3, -0.25) is 4.79 Å². The molecule has 0 aliphatic heterocycles. The Balaban J connectivity index is 3.58. The van der Waals surface area contributed by atoms with E-state index in [0.717, 1.165) is 6.08 Å². The van der Waals surface area contributed by atoms with Crippen LogP contribution in [0, 0.1) is 0 Å². The summed E-state index contributed by atoms with van der Waals surface area (Å²) < 4.78 is 0. The van der Waals surface area contributed by atoms with Crippen LogP contribution >= 0.6 is 0 Å². The Labute approximate surface area is 53.7 Å². The summed E-state index contributed by atoms with van der Waals surface area (Å²) in [4.78, 5) is 10.3. The Bertz CT molecular complexity index is 131. The van der Waals surface area contributed by atoms with Crippen LogP contribution in [0.4, 0.5) is 0 Å². The summed E-state index contributed by atoms with van der Waals surface area (Å²) in [5, 5.41) is 10.8. The summed E-state index contributed by atoms with van der Waals surface area (Å²) in [7, 11) is 0. The minimum absolute atomic E-state index is 0.414. The molecule has 0 saturated carbocycles. The van der Waals surface area contributed by atoms with Crippen molar-refractivity contribution in [2.75, 3.05) is 0 Å². The first-order chi connectivity index (χ1) is 4.20. The number of carbonyl (C=O) groups excluding carboxylic acids is 1. The van der Waals surface area contributed by atoms with Gasteiger partial charge in [0.2, 0.25) is 5.91 Å². The van der Waals surface area contributed by atoms with Crippen molar-refractivity contribution in [1.82, 2.24) is 5.32 Å². The summed E-state index contributed by atoms with van der Waals surface area (Å²) in [6.07, 6.45) is 1.31. The largest absolute Gasteiger partial charge is 0.370 e. The molecular weight excluding hydrogens is 118 g/mol. The third kappa shape index (κ3) is 3.49. The van der Waals surface area contributed by atoms with Crippen molar-refractivity contribution in [2.45, 2.75) is 6.23 Å². The van der Waals surface area contributed by atoms with E-state index in [1.807, 2.05) is 0 Å². The van der Waals surface area contributed by atoms with E-state index in [4.69, 9.17) is 5.11 Å². The number of carbonyl (C=O) groups is 1. The highest BCUT2D eigenvalue weighted by Gasteiger charge is 1.97. The van der Waals surface area contributed by atoms with E-state index in [9.17, 15) is 4.79 Å². The molecule has 3 nitrogen and oxygen atoms in total. The Kier molecular flexibility index (Phi) is 3.39. The van der Waals surface area contributed by atoms with Gasteiger partial charge < -0.3 is 10.4 Å². The number of hydrogen-bond donors (Lipinski definition) is 2. The second-order valence-electron chi connectivity index (χ2n) is 1.39. The fourth-order valence-electron chi connectivity index (χ4n) is 0.264. The predicted molar refractivity (Wildman–Crippen MR) is 34.5 cm³/mol. The first-order valence-electron chi connectivity index (χ1n) is 2.44. The van der Waals surface area contributed by atoms with Gasteiger partial charge in [0.25, 0.3) is 0 Å². The Morgan fingerprint density at radius 1 is 1.67 bits per heavy atom. The highest BCUT2D eigenvalue weighted by Crippen LogP contribution is 1.76. The summed E-state index contributed by atoms with van der Waals surface area (Å²) >= 11 is 0. The SMILES string of the molecule is C=CC(=O)NC(O)C=C. The number of aliphatic hydroxyl groups is 1. The monoisotopic (exact) mass is 127 g/mol. The van der Waals surface area contributed by atoms with Gasteiger partial charge in [-0.25, -0.2) is 0 Å². The summed E-state index contributed by atoms with van der Waals surface area (Å²) in [5.41, 5.74) is 0. The fraction of sp³-hybridized carbons (Fsp3) is 0.167. The number of aliphatic hydroxyl groups excluding tert-OH is 1. The summed E-state index contributed by atoms with van der Waals surface area (Å²) in [6, 6.07) is 0. The third-order valence-electron chi connectivity index (χ3n) is 0.699. The van der Waals surface area contributed by atoms with E-state index in [-0.39, 0.29) is 0 Å². The molecule has 0 bridgehead atoms. The number of nitrogens with one attached hydrogen (secondary N) is 1. The molecule has 1 unspecified atom stereocenters.